The van der Waals surface area contributed by atoms with Crippen molar-refractivity contribution in [3.63, 3.8) is 0 Å². The molecule has 1 atom stereocenters. The van der Waals surface area contributed by atoms with E-state index < -0.39 is 0 Å². The SMILES string of the molecule is CCC(CC)NCC1CNCC12CCC2. The fourth-order valence-electron chi connectivity index (χ4n) is 3.25. The Morgan fingerprint density at radius 3 is 2.60 bits per heavy atom. The van der Waals surface area contributed by atoms with Crippen LogP contribution in [-0.4, -0.2) is 25.7 Å². The molecule has 1 aliphatic heterocycles. The first-order chi connectivity index (χ1) is 7.30. The van der Waals surface area contributed by atoms with Gasteiger partial charge in [0.2, 0.25) is 0 Å². The smallest absolute Gasteiger partial charge is 0.00619 e. The number of hydrogen-bond acceptors (Lipinski definition) is 2. The van der Waals surface area contributed by atoms with Gasteiger partial charge in [-0.05, 0) is 43.6 Å². The largest absolute Gasteiger partial charge is 0.316 e. The van der Waals surface area contributed by atoms with Crippen LogP contribution in [0.25, 0.3) is 0 Å². The first-order valence-corrected chi connectivity index (χ1v) is 6.75. The molecule has 0 amide bonds. The van der Waals surface area contributed by atoms with E-state index in [0.717, 1.165) is 12.0 Å². The lowest BCUT2D eigenvalue weighted by atomic mass is 9.63. The van der Waals surface area contributed by atoms with Crippen molar-refractivity contribution in [2.75, 3.05) is 19.6 Å². The summed E-state index contributed by atoms with van der Waals surface area (Å²) in [5.41, 5.74) is 0.693. The summed E-state index contributed by atoms with van der Waals surface area (Å²) in [6, 6.07) is 0.739. The van der Waals surface area contributed by atoms with Gasteiger partial charge >= 0.3 is 0 Å². The second-order valence-corrected chi connectivity index (χ2v) is 5.47. The molecule has 2 nitrogen and oxygen atoms in total. The summed E-state index contributed by atoms with van der Waals surface area (Å²) in [6.45, 7) is 8.33. The standard InChI is InChI=1S/C13H26N2/c1-3-12(4-2)15-9-11-8-14-10-13(11)6-5-7-13/h11-12,14-15H,3-10H2,1-2H3. The van der Waals surface area contributed by atoms with Crippen molar-refractivity contribution in [3.8, 4) is 0 Å². The molecule has 1 spiro atoms. The van der Waals surface area contributed by atoms with Crippen molar-refractivity contribution < 1.29 is 0 Å². The van der Waals surface area contributed by atoms with Crippen LogP contribution in [0.5, 0.6) is 0 Å². The Morgan fingerprint density at radius 2 is 2.07 bits per heavy atom. The second kappa shape index (κ2) is 4.84. The number of hydrogen-bond donors (Lipinski definition) is 2. The molecule has 1 unspecified atom stereocenters. The van der Waals surface area contributed by atoms with Crippen LogP contribution in [0.1, 0.15) is 46.0 Å². The number of nitrogens with one attached hydrogen (secondary N) is 2. The minimum Gasteiger partial charge on any atom is -0.316 e. The van der Waals surface area contributed by atoms with E-state index >= 15 is 0 Å². The quantitative estimate of drug-likeness (QED) is 0.726. The van der Waals surface area contributed by atoms with Crippen molar-refractivity contribution in [1.29, 1.82) is 0 Å². The lowest BCUT2D eigenvalue weighted by Gasteiger charge is -2.43. The second-order valence-electron chi connectivity index (χ2n) is 5.47. The molecule has 88 valence electrons. The molecule has 1 heterocycles. The van der Waals surface area contributed by atoms with E-state index in [4.69, 9.17) is 0 Å². The fraction of sp³-hybridized carbons (Fsp3) is 1.00. The van der Waals surface area contributed by atoms with E-state index in [9.17, 15) is 0 Å². The van der Waals surface area contributed by atoms with Crippen LogP contribution in [0, 0.1) is 11.3 Å². The summed E-state index contributed by atoms with van der Waals surface area (Å²) in [7, 11) is 0. The highest BCUT2D eigenvalue weighted by Gasteiger charge is 2.46. The summed E-state index contributed by atoms with van der Waals surface area (Å²) in [4.78, 5) is 0. The zero-order valence-electron chi connectivity index (χ0n) is 10.3. The van der Waals surface area contributed by atoms with E-state index in [2.05, 4.69) is 24.5 Å². The zero-order chi connectivity index (χ0) is 10.7. The summed E-state index contributed by atoms with van der Waals surface area (Å²) in [5, 5.41) is 7.33. The van der Waals surface area contributed by atoms with Gasteiger partial charge in [0, 0.05) is 19.1 Å². The van der Waals surface area contributed by atoms with E-state index in [1.807, 2.05) is 0 Å². The number of rotatable bonds is 5. The Balaban J connectivity index is 1.78. The van der Waals surface area contributed by atoms with Crippen LogP contribution < -0.4 is 10.6 Å². The normalized spacial score (nSPS) is 28.6. The van der Waals surface area contributed by atoms with Crippen LogP contribution >= 0.6 is 0 Å². The Morgan fingerprint density at radius 1 is 1.33 bits per heavy atom. The molecule has 0 bridgehead atoms. The van der Waals surface area contributed by atoms with Crippen molar-refractivity contribution >= 4 is 0 Å². The van der Waals surface area contributed by atoms with Crippen molar-refractivity contribution in [1.82, 2.24) is 10.6 Å². The summed E-state index contributed by atoms with van der Waals surface area (Å²) < 4.78 is 0. The van der Waals surface area contributed by atoms with Crippen molar-refractivity contribution in [2.24, 2.45) is 11.3 Å². The maximum Gasteiger partial charge on any atom is 0.00619 e. The Bertz CT molecular complexity index is 195. The molecule has 2 heteroatoms. The molecule has 0 aromatic heterocycles. The Kier molecular flexibility index (Phi) is 3.68. The maximum atomic E-state index is 3.74. The van der Waals surface area contributed by atoms with Crippen molar-refractivity contribution in [3.05, 3.63) is 0 Å². The maximum absolute atomic E-state index is 3.74. The van der Waals surface area contributed by atoms with Gasteiger partial charge in [-0.1, -0.05) is 20.3 Å². The molecule has 1 saturated carbocycles. The van der Waals surface area contributed by atoms with Gasteiger partial charge in [-0.3, -0.25) is 0 Å². The first-order valence-electron chi connectivity index (χ1n) is 6.75. The fourth-order valence-corrected chi connectivity index (χ4v) is 3.25. The molecule has 1 saturated heterocycles. The summed E-state index contributed by atoms with van der Waals surface area (Å²) >= 11 is 0. The van der Waals surface area contributed by atoms with E-state index in [1.165, 1.54) is 51.7 Å². The van der Waals surface area contributed by atoms with Gasteiger partial charge in [0.15, 0.2) is 0 Å². The summed E-state index contributed by atoms with van der Waals surface area (Å²) in [6.07, 6.45) is 6.93. The highest BCUT2D eigenvalue weighted by Crippen LogP contribution is 2.48. The zero-order valence-corrected chi connectivity index (χ0v) is 10.3. The van der Waals surface area contributed by atoms with Gasteiger partial charge in [-0.2, -0.15) is 0 Å². The van der Waals surface area contributed by atoms with Gasteiger partial charge in [0.1, 0.15) is 0 Å². The predicted molar refractivity (Wildman–Crippen MR) is 65.0 cm³/mol. The van der Waals surface area contributed by atoms with E-state index in [-0.39, 0.29) is 0 Å². The topological polar surface area (TPSA) is 24.1 Å². The molecule has 0 aromatic rings. The highest BCUT2D eigenvalue weighted by atomic mass is 15.0. The minimum absolute atomic E-state index is 0.693. The van der Waals surface area contributed by atoms with Crippen LogP contribution in [-0.2, 0) is 0 Å². The van der Waals surface area contributed by atoms with Gasteiger partial charge in [0.25, 0.3) is 0 Å². The molecule has 2 fully saturated rings. The third-order valence-electron chi connectivity index (χ3n) is 4.72. The molecular formula is C13H26N2. The van der Waals surface area contributed by atoms with Crippen LogP contribution in [0.3, 0.4) is 0 Å². The minimum atomic E-state index is 0.693. The third-order valence-corrected chi connectivity index (χ3v) is 4.72. The van der Waals surface area contributed by atoms with Gasteiger partial charge in [-0.15, -0.1) is 0 Å². The molecule has 1 aliphatic carbocycles. The van der Waals surface area contributed by atoms with Gasteiger partial charge < -0.3 is 10.6 Å². The molecule has 0 aromatic carbocycles. The van der Waals surface area contributed by atoms with Crippen LogP contribution in [0.15, 0.2) is 0 Å². The third kappa shape index (κ3) is 2.21. The average Bonchev–Trinajstić information content (AvgIpc) is 2.62. The molecule has 2 N–H and O–H groups in total. The van der Waals surface area contributed by atoms with Crippen LogP contribution in [0.2, 0.25) is 0 Å². The lowest BCUT2D eigenvalue weighted by molar-refractivity contribution is 0.0949. The van der Waals surface area contributed by atoms with E-state index in [0.29, 0.717) is 5.41 Å². The molecule has 2 aliphatic rings. The van der Waals surface area contributed by atoms with Gasteiger partial charge in [-0.25, -0.2) is 0 Å². The summed E-state index contributed by atoms with van der Waals surface area (Å²) in [5.74, 6) is 0.895. The monoisotopic (exact) mass is 210 g/mol. The molecule has 0 radical (unpaired) electrons. The Labute approximate surface area is 94.2 Å². The van der Waals surface area contributed by atoms with E-state index in [1.54, 1.807) is 0 Å². The van der Waals surface area contributed by atoms with Crippen molar-refractivity contribution in [2.45, 2.75) is 52.0 Å². The predicted octanol–water partition coefficient (Wildman–Crippen LogP) is 2.15. The first kappa shape index (κ1) is 11.4. The van der Waals surface area contributed by atoms with Crippen LogP contribution in [0.4, 0.5) is 0 Å². The highest BCUT2D eigenvalue weighted by molar-refractivity contribution is 5.01. The molecule has 2 rings (SSSR count). The molecule has 15 heavy (non-hydrogen) atoms. The van der Waals surface area contributed by atoms with Gasteiger partial charge in [0.05, 0.1) is 0 Å². The Hall–Kier alpha value is -0.0800. The average molecular weight is 210 g/mol. The lowest BCUT2D eigenvalue weighted by Crippen LogP contribution is -2.43. The molecular weight excluding hydrogens is 184 g/mol.